The first-order valence-electron chi connectivity index (χ1n) is 5.23. The predicted molar refractivity (Wildman–Crippen MR) is 75.3 cm³/mol. The lowest BCUT2D eigenvalue weighted by atomic mass is 10.1. The van der Waals surface area contributed by atoms with Crippen LogP contribution in [0.2, 0.25) is 0 Å². The first kappa shape index (κ1) is 12.3. The van der Waals surface area contributed by atoms with Crippen molar-refractivity contribution < 1.29 is 4.79 Å². The molecule has 0 aliphatic rings. The molecule has 0 bridgehead atoms. The Bertz CT molecular complexity index is 518. The van der Waals surface area contributed by atoms with E-state index >= 15 is 0 Å². The van der Waals surface area contributed by atoms with E-state index in [0.29, 0.717) is 12.8 Å². The Labute approximate surface area is 113 Å². The molecule has 0 unspecified atom stereocenters. The molecule has 0 fully saturated rings. The van der Waals surface area contributed by atoms with Crippen molar-refractivity contribution in [1.82, 2.24) is 0 Å². The van der Waals surface area contributed by atoms with Crippen LogP contribution in [0, 0.1) is 0 Å². The summed E-state index contributed by atoms with van der Waals surface area (Å²) in [5.74, 6) is 0.220. The molecular weight excluding hydrogens is 298 g/mol. The van der Waals surface area contributed by atoms with E-state index in [1.807, 2.05) is 35.7 Å². The number of Topliss-reactive ketones (excluding diaryl/α,β-unsaturated/α-hetero) is 1. The lowest BCUT2D eigenvalue weighted by molar-refractivity contribution is -0.117. The Kier molecular flexibility index (Phi) is 3.97. The highest BCUT2D eigenvalue weighted by atomic mass is 79.9. The van der Waals surface area contributed by atoms with Crippen LogP contribution >= 0.6 is 27.3 Å². The lowest BCUT2D eigenvalue weighted by Crippen LogP contribution is -2.05. The van der Waals surface area contributed by atoms with Gasteiger partial charge in [0.15, 0.2) is 0 Å². The summed E-state index contributed by atoms with van der Waals surface area (Å²) in [6.45, 7) is 0. The van der Waals surface area contributed by atoms with Gasteiger partial charge in [-0.15, -0.1) is 11.3 Å². The summed E-state index contributed by atoms with van der Waals surface area (Å²) < 4.78 is 1.02. The summed E-state index contributed by atoms with van der Waals surface area (Å²) in [7, 11) is 0. The summed E-state index contributed by atoms with van der Waals surface area (Å²) in [5.41, 5.74) is 7.33. The van der Waals surface area contributed by atoms with Gasteiger partial charge in [0, 0.05) is 27.9 Å². The summed E-state index contributed by atoms with van der Waals surface area (Å²) >= 11 is 5.03. The minimum Gasteiger partial charge on any atom is -0.399 e. The van der Waals surface area contributed by atoms with E-state index in [1.54, 1.807) is 11.3 Å². The number of anilines is 1. The van der Waals surface area contributed by atoms with Crippen molar-refractivity contribution in [2.45, 2.75) is 12.8 Å². The molecule has 17 heavy (non-hydrogen) atoms. The van der Waals surface area contributed by atoms with E-state index in [4.69, 9.17) is 5.73 Å². The van der Waals surface area contributed by atoms with Gasteiger partial charge in [0.2, 0.25) is 0 Å². The Morgan fingerprint density at radius 3 is 2.47 bits per heavy atom. The zero-order chi connectivity index (χ0) is 12.3. The zero-order valence-electron chi connectivity index (χ0n) is 9.15. The second-order valence-electron chi connectivity index (χ2n) is 3.83. The van der Waals surface area contributed by atoms with E-state index in [1.165, 1.54) is 0 Å². The van der Waals surface area contributed by atoms with Crippen molar-refractivity contribution in [1.29, 1.82) is 0 Å². The van der Waals surface area contributed by atoms with E-state index < -0.39 is 0 Å². The molecule has 0 amide bonds. The van der Waals surface area contributed by atoms with Crippen molar-refractivity contribution in [3.8, 4) is 0 Å². The van der Waals surface area contributed by atoms with Crippen molar-refractivity contribution in [3.05, 3.63) is 50.6 Å². The summed E-state index contributed by atoms with van der Waals surface area (Å²) in [6.07, 6.45) is 0.952. The maximum absolute atomic E-state index is 11.9. The number of halogens is 1. The normalized spacial score (nSPS) is 10.4. The third-order valence-electron chi connectivity index (χ3n) is 2.43. The number of benzene rings is 1. The first-order chi connectivity index (χ1) is 8.15. The molecule has 2 rings (SSSR count). The summed E-state index contributed by atoms with van der Waals surface area (Å²) in [5, 5.41) is 1.98. The van der Waals surface area contributed by atoms with Crippen LogP contribution in [0.5, 0.6) is 0 Å². The van der Waals surface area contributed by atoms with Crippen LogP contribution in [0.25, 0.3) is 0 Å². The van der Waals surface area contributed by atoms with Crippen molar-refractivity contribution in [2.24, 2.45) is 0 Å². The van der Waals surface area contributed by atoms with Crippen LogP contribution < -0.4 is 5.73 Å². The van der Waals surface area contributed by atoms with Gasteiger partial charge in [0.05, 0.1) is 0 Å². The highest BCUT2D eigenvalue weighted by Gasteiger charge is 2.08. The summed E-state index contributed by atoms with van der Waals surface area (Å²) in [4.78, 5) is 13.0. The molecule has 4 heteroatoms. The molecule has 0 spiro atoms. The number of nitrogen functional groups attached to an aromatic ring is 1. The molecule has 2 nitrogen and oxygen atoms in total. The maximum atomic E-state index is 11.9. The molecule has 2 aromatic rings. The third kappa shape index (κ3) is 3.41. The van der Waals surface area contributed by atoms with Crippen molar-refractivity contribution in [3.63, 3.8) is 0 Å². The average molecular weight is 310 g/mol. The van der Waals surface area contributed by atoms with Crippen LogP contribution in [-0.4, -0.2) is 5.78 Å². The van der Waals surface area contributed by atoms with Gasteiger partial charge in [-0.1, -0.05) is 12.1 Å². The Hall–Kier alpha value is -1.13. The molecule has 0 aliphatic heterocycles. The number of nitrogens with two attached hydrogens (primary N) is 1. The molecule has 1 aromatic carbocycles. The number of ketones is 1. The molecule has 0 atom stereocenters. The van der Waals surface area contributed by atoms with Gasteiger partial charge in [-0.3, -0.25) is 4.79 Å². The average Bonchev–Trinajstić information content (AvgIpc) is 2.68. The van der Waals surface area contributed by atoms with Crippen molar-refractivity contribution >= 4 is 38.7 Å². The molecule has 88 valence electrons. The van der Waals surface area contributed by atoms with Gasteiger partial charge in [0.25, 0.3) is 0 Å². The number of hydrogen-bond donors (Lipinski definition) is 1. The SMILES string of the molecule is Nc1ccc(CC(=O)Cc2sccc2Br)cc1. The smallest absolute Gasteiger partial charge is 0.142 e. The lowest BCUT2D eigenvalue weighted by Gasteiger charge is -2.01. The monoisotopic (exact) mass is 309 g/mol. The molecule has 1 heterocycles. The Balaban J connectivity index is 1.98. The Morgan fingerprint density at radius 1 is 1.18 bits per heavy atom. The predicted octanol–water partition coefficient (Wildman–Crippen LogP) is 3.45. The highest BCUT2D eigenvalue weighted by molar-refractivity contribution is 9.10. The minimum absolute atomic E-state index is 0.220. The van der Waals surface area contributed by atoms with Crippen molar-refractivity contribution in [2.75, 3.05) is 5.73 Å². The van der Waals surface area contributed by atoms with Crippen LogP contribution in [0.3, 0.4) is 0 Å². The molecule has 0 saturated carbocycles. The number of rotatable bonds is 4. The largest absolute Gasteiger partial charge is 0.399 e. The second-order valence-corrected chi connectivity index (χ2v) is 5.68. The fraction of sp³-hybridized carbons (Fsp3) is 0.154. The van der Waals surface area contributed by atoms with E-state index in [2.05, 4.69) is 15.9 Å². The quantitative estimate of drug-likeness (QED) is 0.879. The summed E-state index contributed by atoms with van der Waals surface area (Å²) in [6, 6.07) is 9.41. The second kappa shape index (κ2) is 5.47. The van der Waals surface area contributed by atoms with Gasteiger partial charge < -0.3 is 5.73 Å². The zero-order valence-corrected chi connectivity index (χ0v) is 11.6. The Morgan fingerprint density at radius 2 is 1.88 bits per heavy atom. The number of hydrogen-bond acceptors (Lipinski definition) is 3. The van der Waals surface area contributed by atoms with Crippen LogP contribution in [-0.2, 0) is 17.6 Å². The van der Waals surface area contributed by atoms with Gasteiger partial charge in [0.1, 0.15) is 5.78 Å². The van der Waals surface area contributed by atoms with Gasteiger partial charge in [-0.2, -0.15) is 0 Å². The van der Waals surface area contributed by atoms with Crippen LogP contribution in [0.4, 0.5) is 5.69 Å². The third-order valence-corrected chi connectivity index (χ3v) is 4.36. The minimum atomic E-state index is 0.220. The number of carbonyl (C=O) groups excluding carboxylic acids is 1. The number of thiophene rings is 1. The fourth-order valence-electron chi connectivity index (χ4n) is 1.56. The molecule has 0 aliphatic carbocycles. The molecular formula is C13H12BrNOS. The van der Waals surface area contributed by atoms with E-state index in [0.717, 1.165) is 20.6 Å². The molecule has 2 N–H and O–H groups in total. The molecule has 0 saturated heterocycles. The first-order valence-corrected chi connectivity index (χ1v) is 6.90. The van der Waals surface area contributed by atoms with E-state index in [-0.39, 0.29) is 5.78 Å². The topological polar surface area (TPSA) is 43.1 Å². The number of carbonyl (C=O) groups is 1. The van der Waals surface area contributed by atoms with Crippen LogP contribution in [0.15, 0.2) is 40.2 Å². The van der Waals surface area contributed by atoms with Gasteiger partial charge in [-0.25, -0.2) is 0 Å². The van der Waals surface area contributed by atoms with Crippen LogP contribution in [0.1, 0.15) is 10.4 Å². The standard InChI is InChI=1S/C13H12BrNOS/c14-12-5-6-17-13(12)8-11(16)7-9-1-3-10(15)4-2-9/h1-6H,7-8,15H2. The highest BCUT2D eigenvalue weighted by Crippen LogP contribution is 2.23. The molecule has 1 aromatic heterocycles. The van der Waals surface area contributed by atoms with Gasteiger partial charge >= 0.3 is 0 Å². The fourth-order valence-corrected chi connectivity index (χ4v) is 3.08. The van der Waals surface area contributed by atoms with Gasteiger partial charge in [-0.05, 0) is 45.1 Å². The maximum Gasteiger partial charge on any atom is 0.142 e. The van der Waals surface area contributed by atoms with E-state index in [9.17, 15) is 4.79 Å². The molecule has 0 radical (unpaired) electrons.